The first-order valence-electron chi connectivity index (χ1n) is 3.42. The highest BCUT2D eigenvalue weighted by Crippen LogP contribution is 2.07. The van der Waals surface area contributed by atoms with E-state index in [1.807, 2.05) is 12.1 Å². The van der Waals surface area contributed by atoms with Crippen molar-refractivity contribution in [1.82, 2.24) is 0 Å². The van der Waals surface area contributed by atoms with E-state index in [4.69, 9.17) is 5.84 Å². The highest BCUT2D eigenvalue weighted by molar-refractivity contribution is 8.93. The van der Waals surface area contributed by atoms with Crippen LogP contribution >= 0.6 is 17.0 Å². The lowest BCUT2D eigenvalue weighted by molar-refractivity contribution is 1.14. The number of hydrogen-bond donors (Lipinski definition) is 2. The van der Waals surface area contributed by atoms with Gasteiger partial charge in [-0.2, -0.15) is 0 Å². The zero-order chi connectivity index (χ0) is 7.40. The molecule has 0 aliphatic rings. The number of nitrogen functional groups attached to an aromatic ring is 1. The topological polar surface area (TPSA) is 38.0 Å². The summed E-state index contributed by atoms with van der Waals surface area (Å²) in [6.07, 6.45) is 1.07. The smallest absolute Gasteiger partial charge is 0.0485 e. The van der Waals surface area contributed by atoms with Crippen molar-refractivity contribution in [3.63, 3.8) is 0 Å². The molecule has 62 valence electrons. The number of hydrazine groups is 1. The lowest BCUT2D eigenvalue weighted by atomic mass is 10.2. The molecule has 0 aliphatic heterocycles. The fourth-order valence-electron chi connectivity index (χ4n) is 0.837. The van der Waals surface area contributed by atoms with E-state index >= 15 is 0 Å². The van der Waals surface area contributed by atoms with Crippen molar-refractivity contribution < 1.29 is 0 Å². The van der Waals surface area contributed by atoms with Crippen LogP contribution in [0.1, 0.15) is 12.5 Å². The van der Waals surface area contributed by atoms with Gasteiger partial charge in [0.25, 0.3) is 0 Å². The highest BCUT2D eigenvalue weighted by atomic mass is 79.9. The Morgan fingerprint density at radius 3 is 2.18 bits per heavy atom. The molecule has 0 amide bonds. The number of benzene rings is 1. The van der Waals surface area contributed by atoms with Crippen LogP contribution in [-0.4, -0.2) is 0 Å². The minimum atomic E-state index is 0. The minimum Gasteiger partial charge on any atom is -0.324 e. The SMILES string of the molecule is Br.CCc1ccc(NN)cc1. The van der Waals surface area contributed by atoms with Gasteiger partial charge in [0.05, 0.1) is 0 Å². The molecule has 3 N–H and O–H groups in total. The first-order chi connectivity index (χ1) is 4.86. The van der Waals surface area contributed by atoms with Gasteiger partial charge < -0.3 is 5.43 Å². The van der Waals surface area contributed by atoms with Gasteiger partial charge >= 0.3 is 0 Å². The Labute approximate surface area is 77.5 Å². The van der Waals surface area contributed by atoms with E-state index in [9.17, 15) is 0 Å². The Balaban J connectivity index is 0.000001000. The molecule has 1 aromatic carbocycles. The number of nitrogens with two attached hydrogens (primary N) is 1. The molecule has 0 fully saturated rings. The predicted octanol–water partition coefficient (Wildman–Crippen LogP) is 2.11. The van der Waals surface area contributed by atoms with E-state index in [0.29, 0.717) is 0 Å². The molecule has 0 aliphatic carbocycles. The van der Waals surface area contributed by atoms with Crippen molar-refractivity contribution in [3.05, 3.63) is 29.8 Å². The maximum absolute atomic E-state index is 5.19. The maximum Gasteiger partial charge on any atom is 0.0485 e. The van der Waals surface area contributed by atoms with Crippen LogP contribution in [0, 0.1) is 0 Å². The number of nitrogens with one attached hydrogen (secondary N) is 1. The third-order valence-electron chi connectivity index (χ3n) is 1.53. The van der Waals surface area contributed by atoms with Crippen LogP contribution in [0.3, 0.4) is 0 Å². The molecule has 0 atom stereocenters. The van der Waals surface area contributed by atoms with Gasteiger partial charge in [-0.25, -0.2) is 0 Å². The van der Waals surface area contributed by atoms with Crippen LogP contribution in [0.4, 0.5) is 5.69 Å². The van der Waals surface area contributed by atoms with Crippen molar-refractivity contribution in [2.75, 3.05) is 5.43 Å². The van der Waals surface area contributed by atoms with Crippen LogP contribution in [0.15, 0.2) is 24.3 Å². The Morgan fingerprint density at radius 1 is 1.27 bits per heavy atom. The number of hydrogen-bond acceptors (Lipinski definition) is 2. The number of anilines is 1. The monoisotopic (exact) mass is 216 g/mol. The van der Waals surface area contributed by atoms with Gasteiger partial charge in [-0.15, -0.1) is 17.0 Å². The summed E-state index contributed by atoms with van der Waals surface area (Å²) >= 11 is 0. The second kappa shape index (κ2) is 5.16. The van der Waals surface area contributed by atoms with Crippen LogP contribution < -0.4 is 11.3 Å². The van der Waals surface area contributed by atoms with Crippen LogP contribution in [-0.2, 0) is 6.42 Å². The molecular formula is C8H13BrN2. The van der Waals surface area contributed by atoms with E-state index in [-0.39, 0.29) is 17.0 Å². The summed E-state index contributed by atoms with van der Waals surface area (Å²) in [5.74, 6) is 5.19. The summed E-state index contributed by atoms with van der Waals surface area (Å²) in [5.41, 5.74) is 4.87. The molecule has 0 unspecified atom stereocenters. The molecule has 0 spiro atoms. The average Bonchev–Trinajstić information content (AvgIpc) is 2.05. The first-order valence-corrected chi connectivity index (χ1v) is 3.42. The highest BCUT2D eigenvalue weighted by Gasteiger charge is 1.87. The molecule has 0 saturated carbocycles. The zero-order valence-corrected chi connectivity index (χ0v) is 8.22. The summed E-state index contributed by atoms with van der Waals surface area (Å²) in [5, 5.41) is 0. The Kier molecular flexibility index (Phi) is 4.90. The molecular weight excluding hydrogens is 204 g/mol. The number of rotatable bonds is 2. The van der Waals surface area contributed by atoms with Crippen LogP contribution in [0.25, 0.3) is 0 Å². The maximum atomic E-state index is 5.19. The summed E-state index contributed by atoms with van der Waals surface area (Å²) in [6.45, 7) is 2.13. The summed E-state index contributed by atoms with van der Waals surface area (Å²) < 4.78 is 0. The van der Waals surface area contributed by atoms with Crippen LogP contribution in [0.2, 0.25) is 0 Å². The van der Waals surface area contributed by atoms with Gasteiger partial charge in [-0.3, -0.25) is 5.84 Å². The third-order valence-corrected chi connectivity index (χ3v) is 1.53. The number of halogens is 1. The lowest BCUT2D eigenvalue weighted by Crippen LogP contribution is -2.06. The van der Waals surface area contributed by atoms with Gasteiger partial charge in [0.2, 0.25) is 0 Å². The Morgan fingerprint density at radius 2 is 1.82 bits per heavy atom. The molecule has 0 radical (unpaired) electrons. The van der Waals surface area contributed by atoms with Gasteiger partial charge in [0.15, 0.2) is 0 Å². The van der Waals surface area contributed by atoms with E-state index in [1.165, 1.54) is 5.56 Å². The van der Waals surface area contributed by atoms with Crippen LogP contribution in [0.5, 0.6) is 0 Å². The standard InChI is InChI=1S/C8H12N2.BrH/c1-2-7-3-5-8(10-9)6-4-7;/h3-6,10H,2,9H2,1H3;1H. The summed E-state index contributed by atoms with van der Waals surface area (Å²) in [7, 11) is 0. The van der Waals surface area contributed by atoms with Crippen molar-refractivity contribution in [2.24, 2.45) is 5.84 Å². The fraction of sp³-hybridized carbons (Fsp3) is 0.250. The van der Waals surface area contributed by atoms with E-state index in [2.05, 4.69) is 24.5 Å². The van der Waals surface area contributed by atoms with Crippen molar-refractivity contribution in [2.45, 2.75) is 13.3 Å². The Hall–Kier alpha value is -0.540. The third kappa shape index (κ3) is 2.91. The zero-order valence-electron chi connectivity index (χ0n) is 6.50. The predicted molar refractivity (Wildman–Crippen MR) is 54.0 cm³/mol. The largest absolute Gasteiger partial charge is 0.324 e. The van der Waals surface area contributed by atoms with Crippen molar-refractivity contribution >= 4 is 22.7 Å². The summed E-state index contributed by atoms with van der Waals surface area (Å²) in [4.78, 5) is 0. The molecule has 0 aromatic heterocycles. The van der Waals surface area contributed by atoms with Gasteiger partial charge in [0.1, 0.15) is 0 Å². The minimum absolute atomic E-state index is 0. The second-order valence-corrected chi connectivity index (χ2v) is 2.19. The van der Waals surface area contributed by atoms with E-state index in [0.717, 1.165) is 12.1 Å². The lowest BCUT2D eigenvalue weighted by Gasteiger charge is -1.99. The molecule has 1 rings (SSSR count). The molecule has 1 aromatic rings. The molecule has 0 heterocycles. The molecule has 11 heavy (non-hydrogen) atoms. The average molecular weight is 217 g/mol. The summed E-state index contributed by atoms with van der Waals surface area (Å²) in [6, 6.07) is 8.07. The normalized spacial score (nSPS) is 8.55. The quantitative estimate of drug-likeness (QED) is 0.588. The van der Waals surface area contributed by atoms with Crippen molar-refractivity contribution in [3.8, 4) is 0 Å². The van der Waals surface area contributed by atoms with Gasteiger partial charge in [-0.1, -0.05) is 19.1 Å². The molecule has 2 nitrogen and oxygen atoms in total. The number of aryl methyl sites for hydroxylation is 1. The van der Waals surface area contributed by atoms with Gasteiger partial charge in [0, 0.05) is 5.69 Å². The first kappa shape index (κ1) is 10.5. The van der Waals surface area contributed by atoms with E-state index < -0.39 is 0 Å². The molecule has 3 heteroatoms. The molecule has 0 bridgehead atoms. The van der Waals surface area contributed by atoms with Gasteiger partial charge in [-0.05, 0) is 24.1 Å². The fourth-order valence-corrected chi connectivity index (χ4v) is 0.837. The Bertz CT molecular complexity index is 173. The van der Waals surface area contributed by atoms with E-state index in [1.54, 1.807) is 0 Å². The molecule has 0 saturated heterocycles. The second-order valence-electron chi connectivity index (χ2n) is 2.19. The van der Waals surface area contributed by atoms with Crippen molar-refractivity contribution in [1.29, 1.82) is 0 Å².